The minimum Gasteiger partial charge on any atom is -0.378 e. The zero-order chi connectivity index (χ0) is 14.5. The van der Waals surface area contributed by atoms with Gasteiger partial charge >= 0.3 is 0 Å². The van der Waals surface area contributed by atoms with Crippen molar-refractivity contribution in [3.8, 4) is 0 Å². The summed E-state index contributed by atoms with van der Waals surface area (Å²) in [6.07, 6.45) is 0. The lowest BCUT2D eigenvalue weighted by molar-refractivity contribution is -0.119. The SMILES string of the molecule is COCC(F)(F)COCc1ccc(C(C)(C)C)cc1. The van der Waals surface area contributed by atoms with Gasteiger partial charge in [-0.2, -0.15) is 0 Å². The molecule has 0 spiro atoms. The van der Waals surface area contributed by atoms with Crippen molar-refractivity contribution in [1.82, 2.24) is 0 Å². The average Bonchev–Trinajstić information content (AvgIpc) is 2.28. The molecule has 0 fully saturated rings. The molecule has 0 unspecified atom stereocenters. The molecule has 0 bridgehead atoms. The number of hydrogen-bond donors (Lipinski definition) is 0. The van der Waals surface area contributed by atoms with Crippen LogP contribution in [0, 0.1) is 0 Å². The Labute approximate surface area is 113 Å². The van der Waals surface area contributed by atoms with Gasteiger partial charge < -0.3 is 9.47 Å². The summed E-state index contributed by atoms with van der Waals surface area (Å²) in [5, 5.41) is 0. The van der Waals surface area contributed by atoms with Crippen LogP contribution in [0.4, 0.5) is 8.78 Å². The molecule has 0 saturated carbocycles. The Hall–Kier alpha value is -1.00. The molecule has 19 heavy (non-hydrogen) atoms. The van der Waals surface area contributed by atoms with E-state index in [-0.39, 0.29) is 12.0 Å². The maximum atomic E-state index is 13.1. The molecule has 0 aliphatic heterocycles. The minimum atomic E-state index is -2.93. The monoisotopic (exact) mass is 272 g/mol. The van der Waals surface area contributed by atoms with E-state index in [2.05, 4.69) is 25.5 Å². The van der Waals surface area contributed by atoms with Crippen LogP contribution < -0.4 is 0 Å². The van der Waals surface area contributed by atoms with E-state index < -0.39 is 19.1 Å². The number of ether oxygens (including phenoxy) is 2. The van der Waals surface area contributed by atoms with Gasteiger partial charge in [0, 0.05) is 7.11 Å². The third-order valence-electron chi connectivity index (χ3n) is 2.76. The molecule has 1 rings (SSSR count). The van der Waals surface area contributed by atoms with Gasteiger partial charge in [0.2, 0.25) is 0 Å². The lowest BCUT2D eigenvalue weighted by atomic mass is 9.87. The summed E-state index contributed by atoms with van der Waals surface area (Å²) in [4.78, 5) is 0. The number of benzene rings is 1. The molecular formula is C15H22F2O2. The highest BCUT2D eigenvalue weighted by atomic mass is 19.3. The summed E-state index contributed by atoms with van der Waals surface area (Å²) in [5.74, 6) is -2.93. The molecule has 0 N–H and O–H groups in total. The van der Waals surface area contributed by atoms with Crippen LogP contribution in [0.2, 0.25) is 0 Å². The number of rotatable bonds is 6. The molecule has 0 saturated heterocycles. The summed E-state index contributed by atoms with van der Waals surface area (Å²) in [6, 6.07) is 7.84. The Morgan fingerprint density at radius 1 is 1.00 bits per heavy atom. The molecule has 2 nitrogen and oxygen atoms in total. The summed E-state index contributed by atoms with van der Waals surface area (Å²) in [5.41, 5.74) is 2.19. The fraction of sp³-hybridized carbons (Fsp3) is 0.600. The molecule has 1 aromatic rings. The quantitative estimate of drug-likeness (QED) is 0.784. The highest BCUT2D eigenvalue weighted by Crippen LogP contribution is 2.22. The summed E-state index contributed by atoms with van der Waals surface area (Å²) >= 11 is 0. The molecule has 0 radical (unpaired) electrons. The molecule has 0 amide bonds. The topological polar surface area (TPSA) is 18.5 Å². The predicted octanol–water partition coefficient (Wildman–Crippen LogP) is 3.78. The molecular weight excluding hydrogens is 250 g/mol. The summed E-state index contributed by atoms with van der Waals surface area (Å²) in [7, 11) is 1.25. The van der Waals surface area contributed by atoms with Gasteiger partial charge in [-0.05, 0) is 16.5 Å². The van der Waals surface area contributed by atoms with Gasteiger partial charge in [-0.15, -0.1) is 0 Å². The first-order valence-corrected chi connectivity index (χ1v) is 6.28. The van der Waals surface area contributed by atoms with Crippen molar-refractivity contribution < 1.29 is 18.3 Å². The first kappa shape index (κ1) is 16.1. The van der Waals surface area contributed by atoms with E-state index in [9.17, 15) is 8.78 Å². The molecule has 0 aromatic heterocycles. The van der Waals surface area contributed by atoms with Crippen LogP contribution >= 0.6 is 0 Å². The minimum absolute atomic E-state index is 0.0882. The van der Waals surface area contributed by atoms with Crippen LogP contribution in [0.25, 0.3) is 0 Å². The van der Waals surface area contributed by atoms with E-state index >= 15 is 0 Å². The fourth-order valence-electron chi connectivity index (χ4n) is 1.67. The highest BCUT2D eigenvalue weighted by Gasteiger charge is 2.29. The number of methoxy groups -OCH3 is 1. The Bertz CT molecular complexity index is 380. The van der Waals surface area contributed by atoms with Gasteiger partial charge in [0.15, 0.2) is 0 Å². The van der Waals surface area contributed by atoms with Crippen molar-refractivity contribution >= 4 is 0 Å². The standard InChI is InChI=1S/C15H22F2O2/c1-14(2,3)13-7-5-12(6-8-13)9-19-11-15(16,17)10-18-4/h5-8H,9-11H2,1-4H3. The highest BCUT2D eigenvalue weighted by molar-refractivity contribution is 5.27. The zero-order valence-electron chi connectivity index (χ0n) is 12.0. The van der Waals surface area contributed by atoms with Crippen molar-refractivity contribution in [1.29, 1.82) is 0 Å². The predicted molar refractivity (Wildman–Crippen MR) is 71.6 cm³/mol. The molecule has 0 heterocycles. The van der Waals surface area contributed by atoms with Crippen LogP contribution in [0.15, 0.2) is 24.3 Å². The van der Waals surface area contributed by atoms with Gasteiger partial charge in [-0.25, -0.2) is 8.78 Å². The van der Waals surface area contributed by atoms with E-state index in [4.69, 9.17) is 4.74 Å². The van der Waals surface area contributed by atoms with Crippen molar-refractivity contribution in [2.24, 2.45) is 0 Å². The third kappa shape index (κ3) is 5.66. The lowest BCUT2D eigenvalue weighted by Gasteiger charge is -2.19. The smallest absolute Gasteiger partial charge is 0.293 e. The van der Waals surface area contributed by atoms with Gasteiger partial charge in [-0.3, -0.25) is 0 Å². The second-order valence-electron chi connectivity index (χ2n) is 5.73. The van der Waals surface area contributed by atoms with Crippen molar-refractivity contribution in [2.75, 3.05) is 20.3 Å². The van der Waals surface area contributed by atoms with Crippen LogP contribution in [-0.4, -0.2) is 26.2 Å². The average molecular weight is 272 g/mol. The van der Waals surface area contributed by atoms with Crippen LogP contribution in [-0.2, 0) is 21.5 Å². The summed E-state index contributed by atoms with van der Waals surface area (Å²) in [6.45, 7) is 5.33. The van der Waals surface area contributed by atoms with Gasteiger partial charge in [0.05, 0.1) is 6.61 Å². The van der Waals surface area contributed by atoms with E-state index in [0.717, 1.165) is 5.56 Å². The van der Waals surface area contributed by atoms with Gasteiger partial charge in [0.25, 0.3) is 5.92 Å². The fourth-order valence-corrected chi connectivity index (χ4v) is 1.67. The molecule has 0 aliphatic carbocycles. The maximum absolute atomic E-state index is 13.1. The molecule has 4 heteroatoms. The van der Waals surface area contributed by atoms with Crippen molar-refractivity contribution in [3.05, 3.63) is 35.4 Å². The van der Waals surface area contributed by atoms with Crippen LogP contribution in [0.5, 0.6) is 0 Å². The van der Waals surface area contributed by atoms with E-state index in [0.29, 0.717) is 0 Å². The molecule has 1 aromatic carbocycles. The lowest BCUT2D eigenvalue weighted by Crippen LogP contribution is -2.29. The van der Waals surface area contributed by atoms with Gasteiger partial charge in [-0.1, -0.05) is 45.0 Å². The van der Waals surface area contributed by atoms with Crippen molar-refractivity contribution in [2.45, 2.75) is 38.7 Å². The van der Waals surface area contributed by atoms with E-state index in [1.165, 1.54) is 12.7 Å². The van der Waals surface area contributed by atoms with E-state index in [1.807, 2.05) is 24.3 Å². The van der Waals surface area contributed by atoms with E-state index in [1.54, 1.807) is 0 Å². The maximum Gasteiger partial charge on any atom is 0.293 e. The number of hydrogen-bond acceptors (Lipinski definition) is 2. The van der Waals surface area contributed by atoms with Crippen LogP contribution in [0.1, 0.15) is 31.9 Å². The zero-order valence-corrected chi connectivity index (χ0v) is 12.0. The van der Waals surface area contributed by atoms with Gasteiger partial charge in [0.1, 0.15) is 13.2 Å². The Kier molecular flexibility index (Phi) is 5.44. The second kappa shape index (κ2) is 6.44. The normalized spacial score (nSPS) is 12.7. The Morgan fingerprint density at radius 2 is 1.58 bits per heavy atom. The van der Waals surface area contributed by atoms with Crippen LogP contribution in [0.3, 0.4) is 0 Å². The molecule has 0 aliphatic rings. The molecule has 108 valence electrons. The number of halogens is 2. The first-order valence-electron chi connectivity index (χ1n) is 6.28. The molecule has 0 atom stereocenters. The third-order valence-corrected chi connectivity index (χ3v) is 2.76. The largest absolute Gasteiger partial charge is 0.378 e. The second-order valence-corrected chi connectivity index (χ2v) is 5.73. The number of alkyl halides is 2. The Morgan fingerprint density at radius 3 is 2.05 bits per heavy atom. The summed E-state index contributed by atoms with van der Waals surface area (Å²) < 4.78 is 35.7. The van der Waals surface area contributed by atoms with Crippen molar-refractivity contribution in [3.63, 3.8) is 0 Å². The first-order chi connectivity index (χ1) is 8.74. The Balaban J connectivity index is 2.47.